The lowest BCUT2D eigenvalue weighted by Gasteiger charge is -2.42. The first-order chi connectivity index (χ1) is 6.33. The van der Waals surface area contributed by atoms with Crippen molar-refractivity contribution in [2.45, 2.75) is 78.1 Å². The van der Waals surface area contributed by atoms with Gasteiger partial charge in [0.05, 0.1) is 0 Å². The van der Waals surface area contributed by atoms with Crippen LogP contribution < -0.4 is 6.15 Å². The van der Waals surface area contributed by atoms with E-state index in [1.54, 1.807) is 0 Å². The van der Waals surface area contributed by atoms with Crippen LogP contribution in [0.3, 0.4) is 0 Å². The summed E-state index contributed by atoms with van der Waals surface area (Å²) in [7, 11) is 0. The van der Waals surface area contributed by atoms with Crippen molar-refractivity contribution in [2.24, 2.45) is 5.41 Å². The zero-order valence-electron chi connectivity index (χ0n) is 10.3. The van der Waals surface area contributed by atoms with Gasteiger partial charge in [-0.1, -0.05) is 52.4 Å². The first kappa shape index (κ1) is 14.0. The highest BCUT2D eigenvalue weighted by atomic mass is 14.4. The lowest BCUT2D eigenvalue weighted by atomic mass is 9.63. The van der Waals surface area contributed by atoms with E-state index in [0.29, 0.717) is 0 Å². The van der Waals surface area contributed by atoms with Crippen molar-refractivity contribution in [3.8, 4) is 0 Å². The predicted octanol–water partition coefficient (Wildman–Crippen LogP) is 5.09. The van der Waals surface area contributed by atoms with Gasteiger partial charge in [-0.3, -0.25) is 0 Å². The SMILES string of the molecule is CCCCCCC1(CCC)CCC1.N. The van der Waals surface area contributed by atoms with Gasteiger partial charge in [0.15, 0.2) is 0 Å². The molecule has 14 heavy (non-hydrogen) atoms. The molecule has 86 valence electrons. The maximum absolute atomic E-state index is 2.34. The van der Waals surface area contributed by atoms with Gasteiger partial charge in [0, 0.05) is 0 Å². The van der Waals surface area contributed by atoms with E-state index < -0.39 is 0 Å². The van der Waals surface area contributed by atoms with Crippen LogP contribution in [0.15, 0.2) is 0 Å². The Balaban J connectivity index is 0.00000169. The molecule has 0 saturated heterocycles. The van der Waals surface area contributed by atoms with Crippen molar-refractivity contribution in [1.82, 2.24) is 6.15 Å². The van der Waals surface area contributed by atoms with Crippen molar-refractivity contribution in [2.75, 3.05) is 0 Å². The van der Waals surface area contributed by atoms with Gasteiger partial charge in [0.25, 0.3) is 0 Å². The highest BCUT2D eigenvalue weighted by Gasteiger charge is 2.34. The summed E-state index contributed by atoms with van der Waals surface area (Å²) >= 11 is 0. The van der Waals surface area contributed by atoms with Gasteiger partial charge < -0.3 is 6.15 Å². The van der Waals surface area contributed by atoms with E-state index in [0.717, 1.165) is 5.41 Å². The van der Waals surface area contributed by atoms with Crippen molar-refractivity contribution < 1.29 is 0 Å². The minimum absolute atomic E-state index is 0. The van der Waals surface area contributed by atoms with E-state index in [1.165, 1.54) is 64.2 Å². The Morgan fingerprint density at radius 2 is 1.57 bits per heavy atom. The Hall–Kier alpha value is -0.0400. The molecule has 1 saturated carbocycles. The van der Waals surface area contributed by atoms with Gasteiger partial charge in [-0.25, -0.2) is 0 Å². The van der Waals surface area contributed by atoms with Gasteiger partial charge in [0.2, 0.25) is 0 Å². The van der Waals surface area contributed by atoms with Gasteiger partial charge in [0.1, 0.15) is 0 Å². The fourth-order valence-electron chi connectivity index (χ4n) is 2.76. The van der Waals surface area contributed by atoms with Crippen molar-refractivity contribution in [3.63, 3.8) is 0 Å². The van der Waals surface area contributed by atoms with Crippen LogP contribution in [0, 0.1) is 5.41 Å². The van der Waals surface area contributed by atoms with Gasteiger partial charge in [-0.05, 0) is 31.1 Å². The molecular weight excluding hydrogens is 170 g/mol. The molecule has 1 aliphatic carbocycles. The molecule has 0 atom stereocenters. The summed E-state index contributed by atoms with van der Waals surface area (Å²) < 4.78 is 0. The topological polar surface area (TPSA) is 35.0 Å². The van der Waals surface area contributed by atoms with Crippen molar-refractivity contribution in [3.05, 3.63) is 0 Å². The van der Waals surface area contributed by atoms with Crippen LogP contribution in [-0.4, -0.2) is 0 Å². The molecule has 0 aliphatic heterocycles. The predicted molar refractivity (Wildman–Crippen MR) is 65.0 cm³/mol. The molecule has 0 heterocycles. The van der Waals surface area contributed by atoms with Crippen molar-refractivity contribution >= 4 is 0 Å². The molecule has 0 spiro atoms. The molecule has 1 fully saturated rings. The monoisotopic (exact) mass is 199 g/mol. The first-order valence-electron chi connectivity index (χ1n) is 6.33. The summed E-state index contributed by atoms with van der Waals surface area (Å²) in [6, 6.07) is 0. The fraction of sp³-hybridized carbons (Fsp3) is 1.00. The average molecular weight is 199 g/mol. The number of hydrogen-bond acceptors (Lipinski definition) is 1. The summed E-state index contributed by atoms with van der Waals surface area (Å²) in [5.74, 6) is 0. The standard InChI is InChI=1S/C13H26.H3N/c1-3-5-6-7-10-13(9-4-2)11-8-12-13;/h3-12H2,1-2H3;1H3. The van der Waals surface area contributed by atoms with Crippen LogP contribution in [0.25, 0.3) is 0 Å². The van der Waals surface area contributed by atoms with Crippen LogP contribution in [0.2, 0.25) is 0 Å². The number of unbranched alkanes of at least 4 members (excludes halogenated alkanes) is 3. The minimum atomic E-state index is 0. The Kier molecular flexibility index (Phi) is 7.26. The smallest absolute Gasteiger partial charge is 0.0298 e. The second-order valence-electron chi connectivity index (χ2n) is 4.91. The quantitative estimate of drug-likeness (QED) is 0.569. The largest absolute Gasteiger partial charge is 0.344 e. The van der Waals surface area contributed by atoms with Crippen LogP contribution in [0.1, 0.15) is 78.1 Å². The molecule has 1 rings (SSSR count). The number of rotatable bonds is 7. The molecule has 0 unspecified atom stereocenters. The van der Waals surface area contributed by atoms with E-state index in [9.17, 15) is 0 Å². The molecular formula is C13H29N. The molecule has 1 nitrogen and oxygen atoms in total. The summed E-state index contributed by atoms with van der Waals surface area (Å²) in [5.41, 5.74) is 0.822. The molecule has 0 amide bonds. The third-order valence-corrected chi connectivity index (χ3v) is 3.76. The van der Waals surface area contributed by atoms with Crippen molar-refractivity contribution in [1.29, 1.82) is 0 Å². The Morgan fingerprint density at radius 1 is 0.857 bits per heavy atom. The minimum Gasteiger partial charge on any atom is -0.344 e. The van der Waals surface area contributed by atoms with E-state index >= 15 is 0 Å². The van der Waals surface area contributed by atoms with E-state index in [4.69, 9.17) is 0 Å². The summed E-state index contributed by atoms with van der Waals surface area (Å²) in [6.45, 7) is 4.64. The Morgan fingerprint density at radius 3 is 2.00 bits per heavy atom. The second kappa shape index (κ2) is 7.28. The zero-order chi connectivity index (χ0) is 9.57. The maximum Gasteiger partial charge on any atom is -0.0298 e. The number of hydrogen-bond donors (Lipinski definition) is 1. The zero-order valence-corrected chi connectivity index (χ0v) is 10.3. The lowest BCUT2D eigenvalue weighted by Crippen LogP contribution is -2.28. The molecule has 0 radical (unpaired) electrons. The van der Waals surface area contributed by atoms with E-state index in [-0.39, 0.29) is 6.15 Å². The van der Waals surface area contributed by atoms with Gasteiger partial charge in [-0.15, -0.1) is 0 Å². The van der Waals surface area contributed by atoms with Crippen LogP contribution in [0.4, 0.5) is 0 Å². The molecule has 1 aliphatic rings. The van der Waals surface area contributed by atoms with Crippen LogP contribution in [0.5, 0.6) is 0 Å². The molecule has 0 aromatic rings. The Labute approximate surface area is 90.2 Å². The van der Waals surface area contributed by atoms with E-state index in [1.807, 2.05) is 0 Å². The molecule has 3 N–H and O–H groups in total. The first-order valence-corrected chi connectivity index (χ1v) is 6.33. The third-order valence-electron chi connectivity index (χ3n) is 3.76. The summed E-state index contributed by atoms with van der Waals surface area (Å²) in [5, 5.41) is 0. The molecule has 0 aromatic carbocycles. The summed E-state index contributed by atoms with van der Waals surface area (Å²) in [4.78, 5) is 0. The molecule has 0 bridgehead atoms. The third kappa shape index (κ3) is 4.00. The summed E-state index contributed by atoms with van der Waals surface area (Å²) in [6.07, 6.45) is 14.8. The average Bonchev–Trinajstić information content (AvgIpc) is 2.08. The molecule has 1 heteroatoms. The van der Waals surface area contributed by atoms with E-state index in [2.05, 4.69) is 13.8 Å². The lowest BCUT2D eigenvalue weighted by molar-refractivity contribution is 0.101. The molecule has 0 aromatic heterocycles. The second-order valence-corrected chi connectivity index (χ2v) is 4.91. The highest BCUT2D eigenvalue weighted by Crippen LogP contribution is 2.48. The van der Waals surface area contributed by atoms with Gasteiger partial charge in [-0.2, -0.15) is 0 Å². The van der Waals surface area contributed by atoms with Crippen LogP contribution >= 0.6 is 0 Å². The normalized spacial score (nSPS) is 18.4. The fourth-order valence-corrected chi connectivity index (χ4v) is 2.76. The Bertz CT molecular complexity index is 127. The van der Waals surface area contributed by atoms with Crippen LogP contribution in [-0.2, 0) is 0 Å². The highest BCUT2D eigenvalue weighted by molar-refractivity contribution is 4.86. The van der Waals surface area contributed by atoms with Gasteiger partial charge >= 0.3 is 0 Å². The maximum atomic E-state index is 2.34.